The lowest BCUT2D eigenvalue weighted by atomic mass is 10.2. The van der Waals surface area contributed by atoms with Crippen LogP contribution in [0.5, 0.6) is 5.75 Å². The summed E-state index contributed by atoms with van der Waals surface area (Å²) in [5.74, 6) is 0.0381. The predicted octanol–water partition coefficient (Wildman–Crippen LogP) is 2.50. The van der Waals surface area contributed by atoms with E-state index in [0.717, 1.165) is 0 Å². The van der Waals surface area contributed by atoms with E-state index >= 15 is 0 Å². The lowest BCUT2D eigenvalue weighted by molar-refractivity contribution is 0.475. The summed E-state index contributed by atoms with van der Waals surface area (Å²) in [6.07, 6.45) is 3.12. The summed E-state index contributed by atoms with van der Waals surface area (Å²) in [5, 5.41) is 9.96. The van der Waals surface area contributed by atoms with Crippen molar-refractivity contribution in [3.05, 3.63) is 41.7 Å². The summed E-state index contributed by atoms with van der Waals surface area (Å²) in [7, 11) is 0. The minimum atomic E-state index is 0.0381. The molecule has 0 aliphatic heterocycles. The van der Waals surface area contributed by atoms with Crippen molar-refractivity contribution in [2.75, 3.05) is 0 Å². The molecule has 1 N–H and O–H groups in total. The molecule has 2 heterocycles. The molecule has 4 heteroatoms. The second kappa shape index (κ2) is 3.64. The van der Waals surface area contributed by atoms with E-state index in [-0.39, 0.29) is 5.75 Å². The maximum atomic E-state index is 9.56. The van der Waals surface area contributed by atoms with Crippen LogP contribution in [0.4, 0.5) is 0 Å². The van der Waals surface area contributed by atoms with E-state index in [2.05, 4.69) is 9.97 Å². The van der Waals surface area contributed by atoms with Gasteiger partial charge in [-0.3, -0.25) is 4.98 Å². The summed E-state index contributed by atoms with van der Waals surface area (Å²) >= 11 is 5.66. The van der Waals surface area contributed by atoms with E-state index in [9.17, 15) is 5.11 Å². The Balaban J connectivity index is 2.53. The highest BCUT2D eigenvalue weighted by Gasteiger charge is 2.06. The molecule has 0 radical (unpaired) electrons. The standard InChI is InChI=1S/C10H7ClN2O/c11-7-5-9(14)10(13-6-7)8-3-1-2-4-12-8/h1-6,14H. The molecule has 14 heavy (non-hydrogen) atoms. The van der Waals surface area contributed by atoms with Crippen LogP contribution in [0.25, 0.3) is 11.4 Å². The first-order chi connectivity index (χ1) is 6.77. The predicted molar refractivity (Wildman–Crippen MR) is 54.1 cm³/mol. The van der Waals surface area contributed by atoms with Gasteiger partial charge in [-0.25, -0.2) is 4.98 Å². The van der Waals surface area contributed by atoms with Gasteiger partial charge in [0, 0.05) is 18.5 Å². The van der Waals surface area contributed by atoms with E-state index < -0.39 is 0 Å². The van der Waals surface area contributed by atoms with Gasteiger partial charge in [0.1, 0.15) is 11.4 Å². The Morgan fingerprint density at radius 3 is 2.71 bits per heavy atom. The normalized spacial score (nSPS) is 10.1. The van der Waals surface area contributed by atoms with Crippen molar-refractivity contribution >= 4 is 11.6 Å². The molecule has 0 unspecified atom stereocenters. The smallest absolute Gasteiger partial charge is 0.144 e. The summed E-state index contributed by atoms with van der Waals surface area (Å²) < 4.78 is 0. The minimum Gasteiger partial charge on any atom is -0.506 e. The van der Waals surface area contributed by atoms with Crippen molar-refractivity contribution in [3.63, 3.8) is 0 Å². The molecule has 0 bridgehead atoms. The molecule has 0 saturated carbocycles. The number of nitrogens with zero attached hydrogens (tertiary/aromatic N) is 2. The molecule has 3 nitrogen and oxygen atoms in total. The first-order valence-corrected chi connectivity index (χ1v) is 4.41. The Bertz CT molecular complexity index is 445. The first kappa shape index (κ1) is 8.97. The third-order valence-corrected chi connectivity index (χ3v) is 1.95. The van der Waals surface area contributed by atoms with Crippen LogP contribution in [0.1, 0.15) is 0 Å². The van der Waals surface area contributed by atoms with Crippen molar-refractivity contribution < 1.29 is 5.11 Å². The van der Waals surface area contributed by atoms with E-state index in [0.29, 0.717) is 16.4 Å². The molecule has 2 rings (SSSR count). The van der Waals surface area contributed by atoms with Gasteiger partial charge in [0.05, 0.1) is 10.7 Å². The number of aromatic hydroxyl groups is 1. The van der Waals surface area contributed by atoms with E-state index in [1.807, 2.05) is 6.07 Å². The van der Waals surface area contributed by atoms with Crippen LogP contribution in [0.15, 0.2) is 36.7 Å². The number of hydrogen-bond donors (Lipinski definition) is 1. The van der Waals surface area contributed by atoms with Gasteiger partial charge in [0.15, 0.2) is 0 Å². The molecule has 0 aliphatic carbocycles. The van der Waals surface area contributed by atoms with Gasteiger partial charge in [-0.15, -0.1) is 0 Å². The second-order valence-electron chi connectivity index (χ2n) is 2.74. The molecule has 0 aromatic carbocycles. The topological polar surface area (TPSA) is 46.0 Å². The lowest BCUT2D eigenvalue weighted by Crippen LogP contribution is -1.86. The molecular weight excluding hydrogens is 200 g/mol. The summed E-state index contributed by atoms with van der Waals surface area (Å²) in [6.45, 7) is 0. The number of rotatable bonds is 1. The summed E-state index contributed by atoms with van der Waals surface area (Å²) in [5.41, 5.74) is 1.07. The molecule has 0 spiro atoms. The van der Waals surface area contributed by atoms with Crippen molar-refractivity contribution in [1.29, 1.82) is 0 Å². The first-order valence-electron chi connectivity index (χ1n) is 4.03. The van der Waals surface area contributed by atoms with Crippen molar-refractivity contribution in [2.45, 2.75) is 0 Å². The molecular formula is C10H7ClN2O. The van der Waals surface area contributed by atoms with Crippen LogP contribution in [0.2, 0.25) is 5.02 Å². The van der Waals surface area contributed by atoms with Crippen LogP contribution in [-0.4, -0.2) is 15.1 Å². The molecule has 0 aliphatic rings. The highest BCUT2D eigenvalue weighted by Crippen LogP contribution is 2.26. The Kier molecular flexibility index (Phi) is 2.33. The Labute approximate surface area is 86.0 Å². The number of aromatic nitrogens is 2. The molecule has 2 aromatic heterocycles. The monoisotopic (exact) mass is 206 g/mol. The SMILES string of the molecule is Oc1cc(Cl)cnc1-c1ccccn1. The van der Waals surface area contributed by atoms with Crippen LogP contribution in [0.3, 0.4) is 0 Å². The van der Waals surface area contributed by atoms with Gasteiger partial charge < -0.3 is 5.11 Å². The van der Waals surface area contributed by atoms with Crippen molar-refractivity contribution in [3.8, 4) is 17.1 Å². The molecule has 0 fully saturated rings. The molecule has 2 aromatic rings. The van der Waals surface area contributed by atoms with E-state index in [4.69, 9.17) is 11.6 Å². The quantitative estimate of drug-likeness (QED) is 0.780. The third-order valence-electron chi connectivity index (χ3n) is 1.74. The van der Waals surface area contributed by atoms with Crippen LogP contribution in [-0.2, 0) is 0 Å². The molecule has 0 atom stereocenters. The van der Waals surface area contributed by atoms with Gasteiger partial charge in [-0.1, -0.05) is 17.7 Å². The van der Waals surface area contributed by atoms with Crippen LogP contribution < -0.4 is 0 Å². The Hall–Kier alpha value is -1.61. The second-order valence-corrected chi connectivity index (χ2v) is 3.17. The van der Waals surface area contributed by atoms with Gasteiger partial charge in [-0.05, 0) is 12.1 Å². The summed E-state index contributed by atoms with van der Waals surface area (Å²) in [4.78, 5) is 8.08. The fourth-order valence-electron chi connectivity index (χ4n) is 1.13. The van der Waals surface area contributed by atoms with Crippen LogP contribution in [0, 0.1) is 0 Å². The zero-order chi connectivity index (χ0) is 9.97. The number of halogens is 1. The Morgan fingerprint density at radius 1 is 1.21 bits per heavy atom. The van der Waals surface area contributed by atoms with E-state index in [1.54, 1.807) is 18.3 Å². The average molecular weight is 207 g/mol. The lowest BCUT2D eigenvalue weighted by Gasteiger charge is -2.02. The van der Waals surface area contributed by atoms with Crippen molar-refractivity contribution in [1.82, 2.24) is 9.97 Å². The zero-order valence-electron chi connectivity index (χ0n) is 7.18. The maximum absolute atomic E-state index is 9.56. The van der Waals surface area contributed by atoms with E-state index in [1.165, 1.54) is 12.3 Å². The van der Waals surface area contributed by atoms with Gasteiger partial charge >= 0.3 is 0 Å². The molecule has 0 saturated heterocycles. The molecule has 0 amide bonds. The highest BCUT2D eigenvalue weighted by molar-refractivity contribution is 6.30. The Morgan fingerprint density at radius 2 is 2.07 bits per heavy atom. The van der Waals surface area contributed by atoms with Crippen molar-refractivity contribution in [2.24, 2.45) is 0 Å². The van der Waals surface area contributed by atoms with Gasteiger partial charge in [0.2, 0.25) is 0 Å². The number of hydrogen-bond acceptors (Lipinski definition) is 3. The third kappa shape index (κ3) is 1.67. The number of pyridine rings is 2. The zero-order valence-corrected chi connectivity index (χ0v) is 7.94. The fraction of sp³-hybridized carbons (Fsp3) is 0. The minimum absolute atomic E-state index is 0.0381. The fourth-order valence-corrected chi connectivity index (χ4v) is 1.28. The largest absolute Gasteiger partial charge is 0.506 e. The maximum Gasteiger partial charge on any atom is 0.144 e. The van der Waals surface area contributed by atoms with Crippen LogP contribution >= 0.6 is 11.6 Å². The molecule has 70 valence electrons. The van der Waals surface area contributed by atoms with Gasteiger partial charge in [0.25, 0.3) is 0 Å². The van der Waals surface area contributed by atoms with Gasteiger partial charge in [-0.2, -0.15) is 0 Å². The highest BCUT2D eigenvalue weighted by atomic mass is 35.5. The average Bonchev–Trinajstić information content (AvgIpc) is 2.19. The summed E-state index contributed by atoms with van der Waals surface area (Å²) in [6, 6.07) is 6.85.